The first-order valence-corrected chi connectivity index (χ1v) is 32.9. The zero-order valence-corrected chi connectivity index (χ0v) is 48.9. The van der Waals surface area contributed by atoms with E-state index in [9.17, 15) is 19.8 Å². The van der Waals surface area contributed by atoms with Crippen molar-refractivity contribution >= 4 is 11.9 Å². The Bertz CT molecular complexity index is 1080. The summed E-state index contributed by atoms with van der Waals surface area (Å²) in [5.41, 5.74) is 0. The van der Waals surface area contributed by atoms with Crippen LogP contribution >= 0.6 is 0 Å². The van der Waals surface area contributed by atoms with Gasteiger partial charge in [0.15, 0.2) is 0 Å². The highest BCUT2D eigenvalue weighted by atomic mass is 16.5. The molecule has 2 atom stereocenters. The van der Waals surface area contributed by atoms with E-state index in [1.165, 1.54) is 302 Å². The Balaban J connectivity index is 3.34. The summed E-state index contributed by atoms with van der Waals surface area (Å²) in [6.07, 6.45) is 75.3. The molecule has 0 radical (unpaired) electrons. The highest BCUT2D eigenvalue weighted by molar-refractivity contribution is 5.76. The van der Waals surface area contributed by atoms with Gasteiger partial charge in [-0.1, -0.05) is 321 Å². The lowest BCUT2D eigenvalue weighted by Crippen LogP contribution is -2.45. The largest absolute Gasteiger partial charge is 0.466 e. The van der Waals surface area contributed by atoms with Gasteiger partial charge in [0, 0.05) is 12.8 Å². The van der Waals surface area contributed by atoms with Crippen molar-refractivity contribution in [2.75, 3.05) is 13.2 Å². The lowest BCUT2D eigenvalue weighted by molar-refractivity contribution is -0.143. The molecule has 72 heavy (non-hydrogen) atoms. The van der Waals surface area contributed by atoms with Crippen LogP contribution in [0.25, 0.3) is 0 Å². The maximum atomic E-state index is 12.4. The number of hydrogen-bond donors (Lipinski definition) is 3. The quantitative estimate of drug-likeness (QED) is 0.0320. The smallest absolute Gasteiger partial charge is 0.305 e. The lowest BCUT2D eigenvalue weighted by Gasteiger charge is -2.22. The molecule has 0 aliphatic heterocycles. The van der Waals surface area contributed by atoms with E-state index in [1.807, 2.05) is 0 Å². The molecule has 0 aliphatic carbocycles. The number of aliphatic hydroxyl groups excluding tert-OH is 2. The first-order valence-electron chi connectivity index (χ1n) is 32.9. The number of nitrogens with one attached hydrogen (secondary N) is 1. The molecule has 6 heteroatoms. The highest BCUT2D eigenvalue weighted by Gasteiger charge is 2.20. The topological polar surface area (TPSA) is 95.9 Å². The second-order valence-corrected chi connectivity index (χ2v) is 22.8. The van der Waals surface area contributed by atoms with Gasteiger partial charge in [-0.15, -0.1) is 0 Å². The molecular formula is C66H129NO5. The average molecular weight is 1020 g/mol. The second kappa shape index (κ2) is 62.1. The van der Waals surface area contributed by atoms with Crippen LogP contribution in [0.2, 0.25) is 0 Å². The Morgan fingerprint density at radius 3 is 0.986 bits per heavy atom. The molecular weight excluding hydrogens is 887 g/mol. The first-order chi connectivity index (χ1) is 35.5. The number of aliphatic hydroxyl groups is 2. The van der Waals surface area contributed by atoms with Crippen LogP contribution in [0.5, 0.6) is 0 Å². The van der Waals surface area contributed by atoms with Gasteiger partial charge in [0.05, 0.1) is 25.4 Å². The fraction of sp³-hybridized carbons (Fsp3) is 0.939. The van der Waals surface area contributed by atoms with E-state index in [-0.39, 0.29) is 18.5 Å². The van der Waals surface area contributed by atoms with Crippen LogP contribution in [-0.2, 0) is 14.3 Å². The molecule has 1 amide bonds. The van der Waals surface area contributed by atoms with Crippen molar-refractivity contribution < 1.29 is 24.5 Å². The molecule has 0 fully saturated rings. The van der Waals surface area contributed by atoms with Crippen LogP contribution in [0.3, 0.4) is 0 Å². The van der Waals surface area contributed by atoms with Crippen LogP contribution in [0.1, 0.15) is 373 Å². The summed E-state index contributed by atoms with van der Waals surface area (Å²) in [5.74, 6) is -0.0166. The highest BCUT2D eigenvalue weighted by Crippen LogP contribution is 2.18. The van der Waals surface area contributed by atoms with Crippen LogP contribution in [0.15, 0.2) is 12.2 Å². The molecule has 3 N–H and O–H groups in total. The molecule has 6 nitrogen and oxygen atoms in total. The normalized spacial score (nSPS) is 12.6. The Hall–Kier alpha value is -1.40. The van der Waals surface area contributed by atoms with Crippen molar-refractivity contribution in [2.45, 2.75) is 386 Å². The molecule has 2 unspecified atom stereocenters. The summed E-state index contributed by atoms with van der Waals surface area (Å²) >= 11 is 0. The number of esters is 1. The Labute approximate surface area is 450 Å². The third-order valence-electron chi connectivity index (χ3n) is 15.6. The minimum Gasteiger partial charge on any atom is -0.466 e. The van der Waals surface area contributed by atoms with Crippen molar-refractivity contribution in [3.05, 3.63) is 12.2 Å². The molecule has 0 saturated carbocycles. The van der Waals surface area contributed by atoms with Crippen LogP contribution in [-0.4, -0.2) is 47.4 Å². The van der Waals surface area contributed by atoms with Crippen molar-refractivity contribution in [3.63, 3.8) is 0 Å². The van der Waals surface area contributed by atoms with Crippen molar-refractivity contribution in [3.8, 4) is 0 Å². The summed E-state index contributed by atoms with van der Waals surface area (Å²) in [5, 5.41) is 23.2. The van der Waals surface area contributed by atoms with Crippen LogP contribution in [0.4, 0.5) is 0 Å². The summed E-state index contributed by atoms with van der Waals surface area (Å²) in [4.78, 5) is 24.5. The monoisotopic (exact) mass is 1020 g/mol. The summed E-state index contributed by atoms with van der Waals surface area (Å²) in [6.45, 7) is 4.98. The Morgan fingerprint density at radius 1 is 0.375 bits per heavy atom. The van der Waals surface area contributed by atoms with E-state index < -0.39 is 12.1 Å². The van der Waals surface area contributed by atoms with E-state index >= 15 is 0 Å². The number of amides is 1. The SMILES string of the molecule is CCCCCCCCCCCCCCCCCCCCC(=O)OCCCCCCCCCCCCCC/C=C\CCCCCCCCCCCCC(=O)NC(CO)C(O)CCCCCCCCCCCCC. The Kier molecular flexibility index (Phi) is 60.9. The minimum absolute atomic E-state index is 0.0194. The number of ether oxygens (including phenoxy) is 1. The molecule has 0 rings (SSSR count). The lowest BCUT2D eigenvalue weighted by atomic mass is 10.0. The second-order valence-electron chi connectivity index (χ2n) is 22.8. The minimum atomic E-state index is -0.663. The van der Waals surface area contributed by atoms with E-state index in [1.54, 1.807) is 0 Å². The summed E-state index contributed by atoms with van der Waals surface area (Å²) in [7, 11) is 0. The molecule has 428 valence electrons. The number of rotatable bonds is 62. The predicted octanol–water partition coefficient (Wildman–Crippen LogP) is 20.8. The van der Waals surface area contributed by atoms with Crippen molar-refractivity contribution in [2.24, 2.45) is 0 Å². The van der Waals surface area contributed by atoms with E-state index in [4.69, 9.17) is 4.74 Å². The first kappa shape index (κ1) is 70.6. The fourth-order valence-corrected chi connectivity index (χ4v) is 10.5. The molecule has 0 aromatic heterocycles. The number of allylic oxidation sites excluding steroid dienone is 2. The predicted molar refractivity (Wildman–Crippen MR) is 315 cm³/mol. The number of unbranched alkanes of at least 4 members (excludes halogenated alkanes) is 49. The van der Waals surface area contributed by atoms with Gasteiger partial charge < -0.3 is 20.3 Å². The third kappa shape index (κ3) is 57.9. The van der Waals surface area contributed by atoms with E-state index in [0.29, 0.717) is 25.9 Å². The summed E-state index contributed by atoms with van der Waals surface area (Å²) in [6, 6.07) is -0.541. The third-order valence-corrected chi connectivity index (χ3v) is 15.6. The molecule has 0 heterocycles. The van der Waals surface area contributed by atoms with Crippen molar-refractivity contribution in [1.29, 1.82) is 0 Å². The number of carbonyl (C=O) groups is 2. The van der Waals surface area contributed by atoms with Gasteiger partial charge >= 0.3 is 5.97 Å². The standard InChI is InChI=1S/C66H129NO5/c1-3-5-7-9-11-13-15-16-17-18-30-33-36-40-44-48-52-56-60-66(71)72-61-57-53-49-45-41-37-34-31-28-26-24-22-20-19-21-23-25-27-29-32-35-39-43-47-51-55-59-65(70)67-63(62-68)64(69)58-54-50-46-42-38-14-12-10-8-6-4-2/h19,21,63-64,68-69H,3-18,20,22-62H2,1-2H3,(H,67,70)/b21-19-. The zero-order chi connectivity index (χ0) is 52.2. The maximum absolute atomic E-state index is 12.4. The van der Waals surface area contributed by atoms with Gasteiger partial charge in [0.2, 0.25) is 5.91 Å². The number of carbonyl (C=O) groups excluding carboxylic acids is 2. The van der Waals surface area contributed by atoms with Crippen molar-refractivity contribution in [1.82, 2.24) is 5.32 Å². The molecule has 0 aromatic carbocycles. The summed E-state index contributed by atoms with van der Waals surface area (Å²) < 4.78 is 5.51. The fourth-order valence-electron chi connectivity index (χ4n) is 10.5. The van der Waals surface area contributed by atoms with E-state index in [2.05, 4.69) is 31.3 Å². The maximum Gasteiger partial charge on any atom is 0.305 e. The van der Waals surface area contributed by atoms with Gasteiger partial charge in [-0.25, -0.2) is 0 Å². The van der Waals surface area contributed by atoms with Gasteiger partial charge in [-0.2, -0.15) is 0 Å². The van der Waals surface area contributed by atoms with Crippen LogP contribution < -0.4 is 5.32 Å². The van der Waals surface area contributed by atoms with Crippen LogP contribution in [0, 0.1) is 0 Å². The van der Waals surface area contributed by atoms with Gasteiger partial charge in [-0.3, -0.25) is 9.59 Å². The molecule has 0 spiro atoms. The number of hydrogen-bond acceptors (Lipinski definition) is 5. The van der Waals surface area contributed by atoms with E-state index in [0.717, 1.165) is 38.5 Å². The molecule has 0 aromatic rings. The zero-order valence-electron chi connectivity index (χ0n) is 48.9. The Morgan fingerprint density at radius 2 is 0.653 bits per heavy atom. The van der Waals surface area contributed by atoms with Gasteiger partial charge in [0.25, 0.3) is 0 Å². The molecule has 0 bridgehead atoms. The molecule has 0 saturated heterocycles. The average Bonchev–Trinajstić information content (AvgIpc) is 3.38. The van der Waals surface area contributed by atoms with Gasteiger partial charge in [0.1, 0.15) is 0 Å². The van der Waals surface area contributed by atoms with Gasteiger partial charge in [-0.05, 0) is 51.4 Å². The molecule has 0 aliphatic rings.